The predicted octanol–water partition coefficient (Wildman–Crippen LogP) is -0.214. The molecule has 1 aromatic heterocycles. The summed E-state index contributed by atoms with van der Waals surface area (Å²) in [4.78, 5) is 3.40. The summed E-state index contributed by atoms with van der Waals surface area (Å²) in [6, 6.07) is 1.07. The highest BCUT2D eigenvalue weighted by Crippen LogP contribution is 2.15. The van der Waals surface area contributed by atoms with Gasteiger partial charge in [0.05, 0.1) is 6.20 Å². The largest absolute Gasteiger partial charge is 0.384 e. The van der Waals surface area contributed by atoms with E-state index in [0.29, 0.717) is 0 Å². The van der Waals surface area contributed by atoms with Crippen LogP contribution in [0.25, 0.3) is 0 Å². The van der Waals surface area contributed by atoms with Crippen molar-refractivity contribution >= 4 is 5.82 Å². The van der Waals surface area contributed by atoms with Gasteiger partial charge in [-0.2, -0.15) is 0 Å². The zero-order chi connectivity index (χ0) is 8.43. The lowest BCUT2D eigenvalue weighted by atomic mass is 10.2. The second kappa shape index (κ2) is 2.81. The molecule has 0 saturated heterocycles. The van der Waals surface area contributed by atoms with E-state index in [9.17, 15) is 4.39 Å². The topological polar surface area (TPSA) is 79.4 Å². The number of nitrogens with zero attached hydrogens (tertiary/aromatic N) is 1. The molecule has 0 atom stereocenters. The van der Waals surface area contributed by atoms with E-state index in [1.54, 1.807) is 0 Å². The van der Waals surface area contributed by atoms with Crippen LogP contribution in [0.4, 0.5) is 10.2 Å². The van der Waals surface area contributed by atoms with Crippen molar-refractivity contribution in [3.63, 3.8) is 0 Å². The zero-order valence-corrected chi connectivity index (χ0v) is 5.53. The molecule has 0 spiro atoms. The van der Waals surface area contributed by atoms with E-state index in [1.807, 2.05) is 0 Å². The lowest BCUT2D eigenvalue weighted by Gasteiger charge is -2.04. The molecule has 4 N–H and O–H groups in total. The number of aromatic nitrogens is 1. The lowest BCUT2D eigenvalue weighted by Crippen LogP contribution is -2.01. The van der Waals surface area contributed by atoms with Gasteiger partial charge < -0.3 is 15.9 Å². The van der Waals surface area contributed by atoms with E-state index in [-0.39, 0.29) is 11.4 Å². The van der Waals surface area contributed by atoms with Crippen molar-refractivity contribution in [3.05, 3.63) is 23.6 Å². The molecular weight excluding hydrogens is 151 g/mol. The average Bonchev–Trinajstić information content (AvgIpc) is 1.94. The normalized spacial score (nSPS) is 10.5. The number of halogens is 1. The van der Waals surface area contributed by atoms with E-state index in [2.05, 4.69) is 4.98 Å². The molecule has 0 unspecified atom stereocenters. The Morgan fingerprint density at radius 2 is 2.18 bits per heavy atom. The number of hydrogen-bond donors (Lipinski definition) is 3. The van der Waals surface area contributed by atoms with E-state index in [0.717, 1.165) is 12.3 Å². The van der Waals surface area contributed by atoms with Gasteiger partial charge in [-0.05, 0) is 6.07 Å². The van der Waals surface area contributed by atoms with Gasteiger partial charge in [0.2, 0.25) is 0 Å². The van der Waals surface area contributed by atoms with Crippen molar-refractivity contribution in [1.29, 1.82) is 0 Å². The summed E-state index contributed by atoms with van der Waals surface area (Å²) in [5.41, 5.74) is 4.90. The van der Waals surface area contributed by atoms with Crippen LogP contribution in [-0.4, -0.2) is 15.2 Å². The maximum atomic E-state index is 12.6. The first kappa shape index (κ1) is 7.90. The molecule has 0 amide bonds. The van der Waals surface area contributed by atoms with Crippen LogP contribution < -0.4 is 5.73 Å². The number of aliphatic hydroxyl groups is 2. The van der Waals surface area contributed by atoms with Crippen molar-refractivity contribution in [3.8, 4) is 0 Å². The Kier molecular flexibility index (Phi) is 2.02. The fourth-order valence-corrected chi connectivity index (χ4v) is 0.669. The van der Waals surface area contributed by atoms with Crippen LogP contribution in [0, 0.1) is 5.82 Å². The van der Waals surface area contributed by atoms with Crippen molar-refractivity contribution in [1.82, 2.24) is 4.98 Å². The Balaban J connectivity index is 3.13. The Morgan fingerprint density at radius 1 is 1.55 bits per heavy atom. The van der Waals surface area contributed by atoms with Gasteiger partial charge in [-0.25, -0.2) is 9.37 Å². The molecule has 1 rings (SSSR count). The van der Waals surface area contributed by atoms with Crippen molar-refractivity contribution in [2.45, 2.75) is 6.29 Å². The van der Waals surface area contributed by atoms with Gasteiger partial charge in [-0.1, -0.05) is 0 Å². The Bertz CT molecular complexity index is 265. The number of nitrogen functional groups attached to an aromatic ring is 1. The molecule has 11 heavy (non-hydrogen) atoms. The van der Waals surface area contributed by atoms with E-state index < -0.39 is 12.1 Å². The van der Waals surface area contributed by atoms with E-state index in [4.69, 9.17) is 15.9 Å². The molecule has 4 nitrogen and oxygen atoms in total. The van der Waals surface area contributed by atoms with Crippen LogP contribution in [0.5, 0.6) is 0 Å². The number of aliphatic hydroxyl groups excluding tert-OH is 1. The van der Waals surface area contributed by atoms with Gasteiger partial charge >= 0.3 is 0 Å². The highest BCUT2D eigenvalue weighted by molar-refractivity contribution is 5.33. The summed E-state index contributed by atoms with van der Waals surface area (Å²) in [6.45, 7) is 0. The molecule has 0 radical (unpaired) electrons. The summed E-state index contributed by atoms with van der Waals surface area (Å²) < 4.78 is 12.6. The highest BCUT2D eigenvalue weighted by atomic mass is 19.1. The average molecular weight is 158 g/mol. The Morgan fingerprint density at radius 3 is 2.64 bits per heavy atom. The second-order valence-electron chi connectivity index (χ2n) is 2.00. The first-order chi connectivity index (χ1) is 5.11. The van der Waals surface area contributed by atoms with Crippen LogP contribution in [-0.2, 0) is 0 Å². The smallest absolute Gasteiger partial charge is 0.181 e. The van der Waals surface area contributed by atoms with Gasteiger partial charge in [0.1, 0.15) is 11.6 Å². The van der Waals surface area contributed by atoms with E-state index >= 15 is 0 Å². The minimum absolute atomic E-state index is 0.0505. The van der Waals surface area contributed by atoms with Crippen molar-refractivity contribution in [2.24, 2.45) is 0 Å². The molecule has 1 aromatic rings. The van der Waals surface area contributed by atoms with Crippen molar-refractivity contribution in [2.75, 3.05) is 5.73 Å². The number of pyridine rings is 1. The summed E-state index contributed by atoms with van der Waals surface area (Å²) in [6.07, 6.45) is -1.01. The summed E-state index contributed by atoms with van der Waals surface area (Å²) >= 11 is 0. The predicted molar refractivity (Wildman–Crippen MR) is 35.8 cm³/mol. The third-order valence-electron chi connectivity index (χ3n) is 1.18. The first-order valence-electron chi connectivity index (χ1n) is 2.88. The monoisotopic (exact) mass is 158 g/mol. The molecule has 1 heterocycles. The minimum Gasteiger partial charge on any atom is -0.384 e. The maximum Gasteiger partial charge on any atom is 0.181 e. The molecule has 0 fully saturated rings. The van der Waals surface area contributed by atoms with Gasteiger partial charge in [-0.15, -0.1) is 0 Å². The molecule has 0 aromatic carbocycles. The molecule has 0 saturated carbocycles. The van der Waals surface area contributed by atoms with Crippen molar-refractivity contribution < 1.29 is 14.6 Å². The molecule has 0 bridgehead atoms. The van der Waals surface area contributed by atoms with Crippen LogP contribution in [0.1, 0.15) is 11.9 Å². The molecule has 0 aliphatic carbocycles. The summed E-state index contributed by atoms with van der Waals surface area (Å²) in [5.74, 6) is -0.733. The summed E-state index contributed by atoms with van der Waals surface area (Å²) in [7, 11) is 0. The van der Waals surface area contributed by atoms with Gasteiger partial charge in [0, 0.05) is 5.56 Å². The third kappa shape index (κ3) is 1.63. The number of nitrogens with two attached hydrogens (primary N) is 1. The van der Waals surface area contributed by atoms with Crippen LogP contribution in [0.15, 0.2) is 12.3 Å². The number of rotatable bonds is 1. The van der Waals surface area contributed by atoms with E-state index in [1.165, 1.54) is 0 Å². The van der Waals surface area contributed by atoms with Crippen LogP contribution >= 0.6 is 0 Å². The molecule has 5 heteroatoms. The zero-order valence-electron chi connectivity index (χ0n) is 5.53. The molecular formula is C6H7FN2O2. The Labute approximate surface area is 62.1 Å². The quantitative estimate of drug-likeness (QED) is 0.494. The van der Waals surface area contributed by atoms with Gasteiger partial charge in [0.15, 0.2) is 6.29 Å². The second-order valence-corrected chi connectivity index (χ2v) is 2.00. The summed E-state index contributed by atoms with van der Waals surface area (Å²) in [5, 5.41) is 17.1. The third-order valence-corrected chi connectivity index (χ3v) is 1.18. The lowest BCUT2D eigenvalue weighted by molar-refractivity contribution is -0.0449. The Hall–Kier alpha value is -1.20. The fourth-order valence-electron chi connectivity index (χ4n) is 0.669. The SMILES string of the molecule is Nc1cc(C(O)O)c(F)cn1. The first-order valence-corrected chi connectivity index (χ1v) is 2.88. The minimum atomic E-state index is -1.85. The molecule has 60 valence electrons. The molecule has 0 aliphatic heterocycles. The van der Waals surface area contributed by atoms with Gasteiger partial charge in [0.25, 0.3) is 0 Å². The molecule has 0 aliphatic rings. The highest BCUT2D eigenvalue weighted by Gasteiger charge is 2.09. The number of anilines is 1. The standard InChI is InChI=1S/C6H7FN2O2/c7-4-2-9-5(8)1-3(4)6(10)11/h1-2,6,10-11H,(H2,8,9). The van der Waals surface area contributed by atoms with Gasteiger partial charge in [-0.3, -0.25) is 0 Å². The fraction of sp³-hybridized carbons (Fsp3) is 0.167. The number of hydrogen-bond acceptors (Lipinski definition) is 4. The van der Waals surface area contributed by atoms with Crippen LogP contribution in [0.2, 0.25) is 0 Å². The maximum absolute atomic E-state index is 12.6. The van der Waals surface area contributed by atoms with Crippen LogP contribution in [0.3, 0.4) is 0 Å².